The third-order valence-electron chi connectivity index (χ3n) is 6.18. The molecule has 1 aliphatic carbocycles. The van der Waals surface area contributed by atoms with Crippen LogP contribution in [0.15, 0.2) is 59.5 Å². The van der Waals surface area contributed by atoms with Crippen LogP contribution in [-0.2, 0) is 14.8 Å². The Labute approximate surface area is 176 Å². The lowest BCUT2D eigenvalue weighted by Gasteiger charge is -2.38. The third kappa shape index (κ3) is 3.28. The molecule has 3 unspecified atom stereocenters. The summed E-state index contributed by atoms with van der Waals surface area (Å²) in [6.45, 7) is 1.69. The third-order valence-corrected chi connectivity index (χ3v) is 8.42. The zero-order valence-electron chi connectivity index (χ0n) is 15.9. The van der Waals surface area contributed by atoms with Gasteiger partial charge in [0.05, 0.1) is 24.2 Å². The van der Waals surface area contributed by atoms with Crippen LogP contribution in [0.4, 0.5) is 5.69 Å². The van der Waals surface area contributed by atoms with Gasteiger partial charge >= 0.3 is 0 Å². The molecule has 2 aliphatic heterocycles. The van der Waals surface area contributed by atoms with E-state index in [-0.39, 0.29) is 12.0 Å². The van der Waals surface area contributed by atoms with Gasteiger partial charge in [-0.3, -0.25) is 0 Å². The number of sulfonamides is 1. The van der Waals surface area contributed by atoms with Crippen molar-refractivity contribution in [3.8, 4) is 0 Å². The SMILES string of the molecule is O=S(=O)(c1ccc2c(c1)C1C=CCC1C(c1ccccc1Cl)N2)N1CCOCC1. The Morgan fingerprint density at radius 1 is 1.07 bits per heavy atom. The molecule has 3 aliphatic rings. The first-order valence-electron chi connectivity index (χ1n) is 9.95. The van der Waals surface area contributed by atoms with Gasteiger partial charge in [0.15, 0.2) is 0 Å². The summed E-state index contributed by atoms with van der Waals surface area (Å²) in [5, 5.41) is 4.39. The lowest BCUT2D eigenvalue weighted by molar-refractivity contribution is 0.0730. The van der Waals surface area contributed by atoms with Crippen LogP contribution in [-0.4, -0.2) is 39.0 Å². The Balaban J connectivity index is 1.53. The van der Waals surface area contributed by atoms with E-state index in [1.807, 2.05) is 30.3 Å². The molecule has 0 radical (unpaired) electrons. The van der Waals surface area contributed by atoms with Crippen molar-refractivity contribution in [1.82, 2.24) is 4.31 Å². The molecule has 3 atom stereocenters. The van der Waals surface area contributed by atoms with E-state index in [1.165, 1.54) is 4.31 Å². The second-order valence-electron chi connectivity index (χ2n) is 7.76. The lowest BCUT2D eigenvalue weighted by atomic mass is 9.77. The van der Waals surface area contributed by atoms with Gasteiger partial charge in [-0.1, -0.05) is 42.0 Å². The Morgan fingerprint density at radius 2 is 1.86 bits per heavy atom. The fourth-order valence-corrected chi connectivity index (χ4v) is 6.40. The summed E-state index contributed by atoms with van der Waals surface area (Å²) in [4.78, 5) is 0.357. The van der Waals surface area contributed by atoms with Gasteiger partial charge in [0.25, 0.3) is 0 Å². The Hall–Kier alpha value is -1.86. The van der Waals surface area contributed by atoms with Crippen molar-refractivity contribution in [2.75, 3.05) is 31.6 Å². The van der Waals surface area contributed by atoms with E-state index in [9.17, 15) is 8.42 Å². The number of nitrogens with one attached hydrogen (secondary N) is 1. The summed E-state index contributed by atoms with van der Waals surface area (Å²) >= 11 is 6.49. The average Bonchev–Trinajstić information content (AvgIpc) is 3.24. The van der Waals surface area contributed by atoms with Gasteiger partial charge in [0.2, 0.25) is 10.0 Å². The minimum absolute atomic E-state index is 0.0953. The fraction of sp³-hybridized carbons (Fsp3) is 0.364. The van der Waals surface area contributed by atoms with Gasteiger partial charge in [-0.2, -0.15) is 4.31 Å². The van der Waals surface area contributed by atoms with Crippen molar-refractivity contribution in [3.05, 3.63) is 70.8 Å². The highest BCUT2D eigenvalue weighted by molar-refractivity contribution is 7.89. The molecule has 0 spiro atoms. The Kier molecular flexibility index (Phi) is 4.90. The summed E-state index contributed by atoms with van der Waals surface area (Å²) in [5.74, 6) is 0.483. The minimum atomic E-state index is -3.52. The van der Waals surface area contributed by atoms with Crippen molar-refractivity contribution < 1.29 is 13.2 Å². The molecule has 0 aromatic heterocycles. The fourth-order valence-electron chi connectivity index (χ4n) is 4.70. The largest absolute Gasteiger partial charge is 0.379 e. The number of anilines is 1. The van der Waals surface area contributed by atoms with Gasteiger partial charge in [-0.15, -0.1) is 0 Å². The predicted molar refractivity (Wildman–Crippen MR) is 114 cm³/mol. The summed E-state index contributed by atoms with van der Waals surface area (Å²) in [6.07, 6.45) is 5.34. The van der Waals surface area contributed by atoms with Gasteiger partial charge in [0.1, 0.15) is 0 Å². The monoisotopic (exact) mass is 430 g/mol. The van der Waals surface area contributed by atoms with E-state index in [4.69, 9.17) is 16.3 Å². The summed E-state index contributed by atoms with van der Waals surface area (Å²) in [6, 6.07) is 13.5. The number of nitrogens with zero attached hydrogens (tertiary/aromatic N) is 1. The van der Waals surface area contributed by atoms with E-state index in [2.05, 4.69) is 23.5 Å². The van der Waals surface area contributed by atoms with Gasteiger partial charge < -0.3 is 10.1 Å². The van der Waals surface area contributed by atoms with E-state index >= 15 is 0 Å². The second-order valence-corrected chi connectivity index (χ2v) is 10.1. The van der Waals surface area contributed by atoms with E-state index in [1.54, 1.807) is 6.07 Å². The highest BCUT2D eigenvalue weighted by atomic mass is 35.5. The summed E-state index contributed by atoms with van der Waals surface area (Å²) in [7, 11) is -3.52. The standard InChI is InChI=1S/C22H23ClN2O3S/c23-20-7-2-1-4-18(20)22-17-6-3-5-16(17)19-14-15(8-9-21(19)24-22)29(26,27)25-10-12-28-13-11-25/h1-5,7-9,14,16-17,22,24H,6,10-13H2. The maximum absolute atomic E-state index is 13.1. The molecule has 5 nitrogen and oxygen atoms in total. The highest BCUT2D eigenvalue weighted by Gasteiger charge is 2.39. The molecule has 0 amide bonds. The van der Waals surface area contributed by atoms with Crippen molar-refractivity contribution in [1.29, 1.82) is 0 Å². The van der Waals surface area contributed by atoms with Crippen molar-refractivity contribution in [2.24, 2.45) is 5.92 Å². The number of halogens is 1. The molecule has 7 heteroatoms. The molecular formula is C22H23ClN2O3S. The van der Waals surface area contributed by atoms with Gasteiger partial charge in [-0.05, 0) is 47.7 Å². The molecule has 2 aromatic rings. The van der Waals surface area contributed by atoms with Crippen LogP contribution >= 0.6 is 11.6 Å². The second kappa shape index (κ2) is 7.43. The summed E-state index contributed by atoms with van der Waals surface area (Å²) in [5.41, 5.74) is 3.11. The Morgan fingerprint density at radius 3 is 2.66 bits per heavy atom. The number of benzene rings is 2. The maximum Gasteiger partial charge on any atom is 0.243 e. The van der Waals surface area contributed by atoms with Crippen LogP contribution in [0.5, 0.6) is 0 Å². The molecule has 5 rings (SSSR count). The first-order chi connectivity index (χ1) is 14.1. The number of morpholine rings is 1. The molecule has 1 fully saturated rings. The molecule has 0 bridgehead atoms. The lowest BCUT2D eigenvalue weighted by Crippen LogP contribution is -2.40. The Bertz CT molecular complexity index is 1060. The van der Waals surface area contributed by atoms with Crippen LogP contribution in [0.2, 0.25) is 5.02 Å². The van der Waals surface area contributed by atoms with Crippen LogP contribution < -0.4 is 5.32 Å². The first-order valence-corrected chi connectivity index (χ1v) is 11.8. The molecular weight excluding hydrogens is 408 g/mol. The highest BCUT2D eigenvalue weighted by Crippen LogP contribution is 2.51. The van der Waals surface area contributed by atoms with Crippen LogP contribution in [0.1, 0.15) is 29.5 Å². The van der Waals surface area contributed by atoms with Crippen LogP contribution in [0.25, 0.3) is 0 Å². The van der Waals surface area contributed by atoms with E-state index in [0.29, 0.717) is 37.1 Å². The minimum Gasteiger partial charge on any atom is -0.379 e. The van der Waals surface area contributed by atoms with Crippen LogP contribution in [0.3, 0.4) is 0 Å². The first kappa shape index (κ1) is 19.1. The predicted octanol–water partition coefficient (Wildman–Crippen LogP) is 4.19. The number of hydrogen-bond donors (Lipinski definition) is 1. The number of ether oxygens (including phenoxy) is 1. The molecule has 29 heavy (non-hydrogen) atoms. The normalized spacial score (nSPS) is 26.6. The number of allylic oxidation sites excluding steroid dienone is 2. The average molecular weight is 431 g/mol. The molecule has 2 heterocycles. The molecule has 1 N–H and O–H groups in total. The van der Waals surface area contributed by atoms with Gasteiger partial charge in [-0.25, -0.2) is 8.42 Å². The zero-order chi connectivity index (χ0) is 20.0. The number of hydrogen-bond acceptors (Lipinski definition) is 4. The molecule has 2 aromatic carbocycles. The number of fused-ring (bicyclic) bond motifs is 3. The van der Waals surface area contributed by atoms with E-state index < -0.39 is 10.0 Å². The topological polar surface area (TPSA) is 58.6 Å². The van der Waals surface area contributed by atoms with Crippen molar-refractivity contribution in [3.63, 3.8) is 0 Å². The zero-order valence-corrected chi connectivity index (χ0v) is 17.5. The smallest absolute Gasteiger partial charge is 0.243 e. The van der Waals surface area contributed by atoms with Crippen LogP contribution in [0, 0.1) is 5.92 Å². The maximum atomic E-state index is 13.1. The van der Waals surface area contributed by atoms with E-state index in [0.717, 1.165) is 28.3 Å². The van der Waals surface area contributed by atoms with Crippen molar-refractivity contribution in [2.45, 2.75) is 23.3 Å². The molecule has 1 saturated heterocycles. The summed E-state index contributed by atoms with van der Waals surface area (Å²) < 4.78 is 33.0. The molecule has 152 valence electrons. The quantitative estimate of drug-likeness (QED) is 0.742. The number of rotatable bonds is 3. The van der Waals surface area contributed by atoms with Gasteiger partial charge in [0, 0.05) is 29.7 Å². The van der Waals surface area contributed by atoms with Crippen molar-refractivity contribution >= 4 is 27.3 Å². The molecule has 0 saturated carbocycles.